The number of carbonyl (C=O) groups excluding carboxylic acids is 2. The van der Waals surface area contributed by atoms with Crippen molar-refractivity contribution in [2.75, 3.05) is 26.2 Å². The molecule has 8 heteroatoms. The van der Waals surface area contributed by atoms with Crippen LogP contribution < -0.4 is 10.6 Å². The molecular weight excluding hydrogens is 566 g/mol. The summed E-state index contributed by atoms with van der Waals surface area (Å²) >= 11 is 0. The molecule has 3 heterocycles. The number of amides is 2. The van der Waals surface area contributed by atoms with Gasteiger partial charge in [-0.3, -0.25) is 0 Å². The molecule has 5 aliphatic carbocycles. The first kappa shape index (κ1) is 32.0. The van der Waals surface area contributed by atoms with Crippen LogP contribution >= 0.6 is 0 Å². The van der Waals surface area contributed by atoms with E-state index in [9.17, 15) is 9.59 Å². The Labute approximate surface area is 271 Å². The lowest BCUT2D eigenvalue weighted by Gasteiger charge is -2.59. The topological polar surface area (TPSA) is 89.1 Å². The van der Waals surface area contributed by atoms with E-state index in [-0.39, 0.29) is 55.3 Å². The Morgan fingerprint density at radius 2 is 1.69 bits per heavy atom. The molecule has 0 aromatic heterocycles. The van der Waals surface area contributed by atoms with Gasteiger partial charge in [0.1, 0.15) is 12.2 Å². The summed E-state index contributed by atoms with van der Waals surface area (Å²) in [6, 6.07) is 0.213. The largest absolute Gasteiger partial charge is 0.446 e. The monoisotopic (exact) mass is 627 g/mol. The Kier molecular flexibility index (Phi) is 7.83. The van der Waals surface area contributed by atoms with Crippen LogP contribution in [0.15, 0.2) is 0 Å². The highest BCUT2D eigenvalue weighted by molar-refractivity contribution is 5.69. The normalized spacial score (nSPS) is 46.4. The van der Waals surface area contributed by atoms with E-state index in [0.29, 0.717) is 34.2 Å². The first-order valence-electron chi connectivity index (χ1n) is 18.3. The third-order valence-electron chi connectivity index (χ3n) is 15.3. The maximum Gasteiger partial charge on any atom is 0.410 e. The predicted molar refractivity (Wildman–Crippen MR) is 174 cm³/mol. The van der Waals surface area contributed by atoms with E-state index in [1.54, 1.807) is 0 Å². The Hall–Kier alpha value is -1.54. The minimum Gasteiger partial charge on any atom is -0.446 e. The number of likely N-dealkylation sites (tertiary alicyclic amines) is 1. The molecule has 8 nitrogen and oxygen atoms in total. The lowest BCUT2D eigenvalue weighted by atomic mass is 9.46. The SMILES string of the molecule is C.CC(C)C(OC(=O)N1CCC1)C1CCC2C(CC3C4CCC5C(C)(C)C(OC(=O)NC6CNC6)CCC56CC46CCC23C)O1. The highest BCUT2D eigenvalue weighted by Crippen LogP contribution is 2.87. The van der Waals surface area contributed by atoms with Gasteiger partial charge in [0.25, 0.3) is 0 Å². The maximum atomic E-state index is 12.8. The van der Waals surface area contributed by atoms with Gasteiger partial charge in [-0.15, -0.1) is 0 Å². The van der Waals surface area contributed by atoms with Crippen molar-refractivity contribution in [3.8, 4) is 0 Å². The van der Waals surface area contributed by atoms with Crippen LogP contribution in [0.5, 0.6) is 0 Å². The van der Waals surface area contributed by atoms with Crippen molar-refractivity contribution in [3.05, 3.63) is 0 Å². The molecule has 11 unspecified atom stereocenters. The van der Waals surface area contributed by atoms with Crippen LogP contribution in [0.3, 0.4) is 0 Å². The number of alkyl carbamates (subject to hydrolysis) is 1. The Bertz CT molecular complexity index is 1170. The molecule has 3 saturated heterocycles. The molecule has 2 spiro atoms. The van der Waals surface area contributed by atoms with Crippen molar-refractivity contribution in [1.29, 1.82) is 0 Å². The number of nitrogens with one attached hydrogen (secondary N) is 2. The van der Waals surface area contributed by atoms with Crippen molar-refractivity contribution in [1.82, 2.24) is 15.5 Å². The van der Waals surface area contributed by atoms with Gasteiger partial charge < -0.3 is 29.7 Å². The molecule has 3 aliphatic heterocycles. The molecule has 2 amide bonds. The average molecular weight is 628 g/mol. The zero-order valence-corrected chi connectivity index (χ0v) is 27.9. The number of ether oxygens (including phenoxy) is 3. The van der Waals surface area contributed by atoms with E-state index >= 15 is 0 Å². The zero-order chi connectivity index (χ0) is 30.6. The van der Waals surface area contributed by atoms with Crippen LogP contribution in [0.25, 0.3) is 0 Å². The molecule has 8 aliphatic rings. The molecule has 45 heavy (non-hydrogen) atoms. The lowest BCUT2D eigenvalue weighted by molar-refractivity contribution is -0.151. The van der Waals surface area contributed by atoms with E-state index in [1.807, 2.05) is 4.90 Å². The van der Waals surface area contributed by atoms with Crippen molar-refractivity contribution >= 4 is 12.2 Å². The Morgan fingerprint density at radius 3 is 2.36 bits per heavy atom. The minimum absolute atomic E-state index is 0. The van der Waals surface area contributed by atoms with Gasteiger partial charge in [-0.1, -0.05) is 42.0 Å². The first-order valence-corrected chi connectivity index (χ1v) is 18.3. The fourth-order valence-corrected chi connectivity index (χ4v) is 12.8. The molecule has 5 saturated carbocycles. The van der Waals surface area contributed by atoms with Gasteiger partial charge in [-0.05, 0) is 116 Å². The van der Waals surface area contributed by atoms with E-state index in [0.717, 1.165) is 57.3 Å². The second-order valence-electron chi connectivity index (χ2n) is 17.7. The standard InChI is InChI=1S/C36H57N3O5.CH4/c1-21(2)30(44-32(41)39-15-6-16-39)26-9-7-24-27(42-26)17-25-23-8-10-28-33(3,4)29(43-31(40)38-22-18-37-19-22)11-12-36(28)20-35(23,36)14-13-34(24,25)5;/h21-30,37H,6-20H2,1-5H3,(H,38,40);1H4. The van der Waals surface area contributed by atoms with Crippen LogP contribution in [0.4, 0.5) is 9.59 Å². The number of rotatable bonds is 5. The molecule has 2 N–H and O–H groups in total. The summed E-state index contributed by atoms with van der Waals surface area (Å²) in [5, 5.41) is 6.29. The molecule has 8 rings (SSSR count). The van der Waals surface area contributed by atoms with Crippen LogP contribution in [-0.2, 0) is 14.2 Å². The third kappa shape index (κ3) is 4.63. The summed E-state index contributed by atoms with van der Waals surface area (Å²) in [6.07, 6.45) is 13.1. The summed E-state index contributed by atoms with van der Waals surface area (Å²) in [6.45, 7) is 15.1. The third-order valence-corrected chi connectivity index (χ3v) is 15.3. The lowest BCUT2D eigenvalue weighted by Crippen LogP contribution is -2.59. The minimum atomic E-state index is -0.222. The number of hydrogen-bond donors (Lipinski definition) is 2. The Morgan fingerprint density at radius 1 is 0.933 bits per heavy atom. The predicted octanol–water partition coefficient (Wildman–Crippen LogP) is 6.76. The van der Waals surface area contributed by atoms with E-state index < -0.39 is 0 Å². The molecule has 0 radical (unpaired) electrons. The fraction of sp³-hybridized carbons (Fsp3) is 0.946. The fourth-order valence-electron chi connectivity index (χ4n) is 12.8. The molecule has 0 aromatic rings. The van der Waals surface area contributed by atoms with Gasteiger partial charge in [-0.25, -0.2) is 9.59 Å². The van der Waals surface area contributed by atoms with Gasteiger partial charge >= 0.3 is 12.2 Å². The quantitative estimate of drug-likeness (QED) is 0.350. The first-order chi connectivity index (χ1) is 21.0. The van der Waals surface area contributed by atoms with Gasteiger partial charge in [0.2, 0.25) is 0 Å². The molecular formula is C37H61N3O5. The van der Waals surface area contributed by atoms with Crippen LogP contribution in [-0.4, -0.2) is 73.7 Å². The summed E-state index contributed by atoms with van der Waals surface area (Å²) in [7, 11) is 0. The molecule has 11 atom stereocenters. The van der Waals surface area contributed by atoms with Gasteiger partial charge in [0, 0.05) is 31.6 Å². The van der Waals surface area contributed by atoms with Gasteiger partial charge in [-0.2, -0.15) is 0 Å². The van der Waals surface area contributed by atoms with Crippen LogP contribution in [0.1, 0.15) is 113 Å². The van der Waals surface area contributed by atoms with E-state index in [2.05, 4.69) is 45.3 Å². The summed E-state index contributed by atoms with van der Waals surface area (Å²) in [4.78, 5) is 27.4. The summed E-state index contributed by atoms with van der Waals surface area (Å²) < 4.78 is 19.3. The Balaban J connectivity index is 0.00000325. The summed E-state index contributed by atoms with van der Waals surface area (Å²) in [5.41, 5.74) is 1.26. The zero-order valence-electron chi connectivity index (χ0n) is 27.9. The van der Waals surface area contributed by atoms with Crippen molar-refractivity contribution in [3.63, 3.8) is 0 Å². The van der Waals surface area contributed by atoms with E-state index in [4.69, 9.17) is 14.2 Å². The smallest absolute Gasteiger partial charge is 0.410 e. The molecule has 0 bridgehead atoms. The number of carbonyl (C=O) groups is 2. The second kappa shape index (κ2) is 11.0. The van der Waals surface area contributed by atoms with Crippen LogP contribution in [0.2, 0.25) is 0 Å². The second-order valence-corrected chi connectivity index (χ2v) is 17.7. The molecule has 254 valence electrons. The van der Waals surface area contributed by atoms with Crippen LogP contribution in [0, 0.1) is 51.2 Å². The van der Waals surface area contributed by atoms with Crippen molar-refractivity contribution < 1.29 is 23.8 Å². The number of nitrogens with zero attached hydrogens (tertiary/aromatic N) is 1. The van der Waals surface area contributed by atoms with Crippen molar-refractivity contribution in [2.24, 2.45) is 51.2 Å². The van der Waals surface area contributed by atoms with Crippen molar-refractivity contribution in [2.45, 2.75) is 143 Å². The highest BCUT2D eigenvalue weighted by atomic mass is 16.6. The average Bonchev–Trinajstić information content (AvgIpc) is 3.50. The maximum absolute atomic E-state index is 12.8. The highest BCUT2D eigenvalue weighted by Gasteiger charge is 2.81. The van der Waals surface area contributed by atoms with Gasteiger partial charge in [0.05, 0.1) is 18.2 Å². The van der Waals surface area contributed by atoms with E-state index in [1.165, 1.54) is 51.4 Å². The number of hydrogen-bond acceptors (Lipinski definition) is 6. The summed E-state index contributed by atoms with van der Waals surface area (Å²) in [5.74, 6) is 3.01. The molecule has 0 aromatic carbocycles. The number of fused-ring (bicyclic) bond motifs is 4. The van der Waals surface area contributed by atoms with Gasteiger partial charge in [0.15, 0.2) is 0 Å². The molecule has 8 fully saturated rings.